The molecule has 0 aliphatic carbocycles. The van der Waals surface area contributed by atoms with Crippen LogP contribution < -0.4 is 4.72 Å². The zero-order valence-electron chi connectivity index (χ0n) is 11.8. The lowest BCUT2D eigenvalue weighted by molar-refractivity contribution is 0.459. The molecule has 0 bridgehead atoms. The number of sulfonamides is 1. The van der Waals surface area contributed by atoms with Crippen LogP contribution in [0.5, 0.6) is 0 Å². The Bertz CT molecular complexity index is 874. The van der Waals surface area contributed by atoms with Crippen molar-refractivity contribution in [1.29, 1.82) is 0 Å². The van der Waals surface area contributed by atoms with Crippen molar-refractivity contribution >= 4 is 27.3 Å². The van der Waals surface area contributed by atoms with Crippen molar-refractivity contribution in [2.24, 2.45) is 0 Å². The molecule has 0 aliphatic rings. The summed E-state index contributed by atoms with van der Waals surface area (Å²) in [7, 11) is -4.48. The van der Waals surface area contributed by atoms with E-state index in [1.165, 1.54) is 30.7 Å². The fourth-order valence-electron chi connectivity index (χ4n) is 1.90. The van der Waals surface area contributed by atoms with Crippen molar-refractivity contribution in [2.75, 3.05) is 4.72 Å². The van der Waals surface area contributed by atoms with E-state index in [4.69, 9.17) is 11.6 Å². The van der Waals surface area contributed by atoms with E-state index in [2.05, 4.69) is 0 Å². The molecule has 0 saturated carbocycles. The Labute approximate surface area is 134 Å². The average Bonchev–Trinajstić information content (AvgIpc) is 2.45. The first-order chi connectivity index (χ1) is 10.5. The van der Waals surface area contributed by atoms with Crippen LogP contribution in [0.1, 0.15) is 11.1 Å². The molecule has 0 aliphatic heterocycles. The molecule has 0 fully saturated rings. The van der Waals surface area contributed by atoms with E-state index >= 15 is 0 Å². The van der Waals surface area contributed by atoms with Gasteiger partial charge < -0.3 is 0 Å². The van der Waals surface area contributed by atoms with Gasteiger partial charge in [-0.05, 0) is 37.1 Å². The second kappa shape index (κ2) is 6.01. The molecule has 0 radical (unpaired) electrons. The van der Waals surface area contributed by atoms with Gasteiger partial charge in [-0.2, -0.15) is 0 Å². The zero-order chi connectivity index (χ0) is 17.5. The maximum atomic E-state index is 13.6. The van der Waals surface area contributed by atoms with Gasteiger partial charge in [0.05, 0.1) is 4.90 Å². The molecule has 1 N–H and O–H groups in total. The minimum absolute atomic E-state index is 0.0137. The van der Waals surface area contributed by atoms with Crippen molar-refractivity contribution in [3.05, 3.63) is 57.6 Å². The van der Waals surface area contributed by atoms with E-state index in [-0.39, 0.29) is 16.5 Å². The van der Waals surface area contributed by atoms with Gasteiger partial charge in [-0.3, -0.25) is 4.72 Å². The number of rotatable bonds is 3. The Hall–Kier alpha value is -1.80. The Morgan fingerprint density at radius 3 is 1.96 bits per heavy atom. The Kier molecular flexibility index (Phi) is 4.59. The molecule has 23 heavy (non-hydrogen) atoms. The smallest absolute Gasteiger partial charge is 0.262 e. The lowest BCUT2D eigenvalue weighted by Gasteiger charge is -2.13. The predicted molar refractivity (Wildman–Crippen MR) is 78.0 cm³/mol. The zero-order valence-corrected chi connectivity index (χ0v) is 13.4. The largest absolute Gasteiger partial charge is 0.274 e. The van der Waals surface area contributed by atoms with Gasteiger partial charge in [-0.25, -0.2) is 26.0 Å². The van der Waals surface area contributed by atoms with Crippen LogP contribution in [0.3, 0.4) is 0 Å². The topological polar surface area (TPSA) is 46.2 Å². The van der Waals surface area contributed by atoms with Crippen LogP contribution in [-0.2, 0) is 10.0 Å². The molecule has 3 nitrogen and oxygen atoms in total. The summed E-state index contributed by atoms with van der Waals surface area (Å²) in [4.78, 5) is -0.317. The number of hydrogen-bond donors (Lipinski definition) is 1. The summed E-state index contributed by atoms with van der Waals surface area (Å²) in [5.74, 6) is -7.11. The Morgan fingerprint density at radius 1 is 0.913 bits per heavy atom. The van der Waals surface area contributed by atoms with E-state index < -0.39 is 39.0 Å². The van der Waals surface area contributed by atoms with Gasteiger partial charge in [-0.1, -0.05) is 11.6 Å². The molecule has 124 valence electrons. The van der Waals surface area contributed by atoms with Crippen LogP contribution in [0.15, 0.2) is 23.1 Å². The van der Waals surface area contributed by atoms with E-state index in [1.54, 1.807) is 0 Å². The highest BCUT2D eigenvalue weighted by molar-refractivity contribution is 7.92. The van der Waals surface area contributed by atoms with Gasteiger partial charge in [0.25, 0.3) is 10.0 Å². The summed E-state index contributed by atoms with van der Waals surface area (Å²) in [6, 6.07) is 2.52. The number of halogens is 5. The maximum Gasteiger partial charge on any atom is 0.262 e. The molecule has 0 saturated heterocycles. The normalized spacial score (nSPS) is 11.6. The first kappa shape index (κ1) is 17.6. The third kappa shape index (κ3) is 3.28. The lowest BCUT2D eigenvalue weighted by atomic mass is 10.2. The molecular formula is C14H10ClF4NO2S. The fraction of sp³-hybridized carbons (Fsp3) is 0.143. The molecule has 0 heterocycles. The molecule has 2 rings (SSSR count). The van der Waals surface area contributed by atoms with Crippen LogP contribution in [0.25, 0.3) is 0 Å². The quantitative estimate of drug-likeness (QED) is 0.649. The number of hydrogen-bond acceptors (Lipinski definition) is 2. The van der Waals surface area contributed by atoms with Crippen LogP contribution in [0, 0.1) is 37.1 Å². The molecule has 0 amide bonds. The minimum Gasteiger partial charge on any atom is -0.274 e. The van der Waals surface area contributed by atoms with Gasteiger partial charge >= 0.3 is 0 Å². The first-order valence-corrected chi connectivity index (χ1v) is 8.03. The van der Waals surface area contributed by atoms with Crippen LogP contribution in [0.4, 0.5) is 23.2 Å². The molecule has 2 aromatic carbocycles. The SMILES string of the molecule is Cc1cc(S(=O)(=O)Nc2c(F)c(F)cc(F)c2F)c(C)cc1Cl. The van der Waals surface area contributed by atoms with Crippen molar-refractivity contribution in [3.63, 3.8) is 0 Å². The van der Waals surface area contributed by atoms with Crippen molar-refractivity contribution in [3.8, 4) is 0 Å². The predicted octanol–water partition coefficient (Wildman–Crippen LogP) is 4.31. The third-order valence-electron chi connectivity index (χ3n) is 3.09. The van der Waals surface area contributed by atoms with Crippen molar-refractivity contribution < 1.29 is 26.0 Å². The molecular weight excluding hydrogens is 358 g/mol. The fourth-order valence-corrected chi connectivity index (χ4v) is 3.49. The summed E-state index contributed by atoms with van der Waals surface area (Å²) in [5, 5.41) is 0.301. The second-order valence-corrected chi connectivity index (χ2v) is 6.87. The van der Waals surface area contributed by atoms with Crippen LogP contribution >= 0.6 is 11.6 Å². The van der Waals surface area contributed by atoms with Gasteiger partial charge in [0.15, 0.2) is 23.3 Å². The highest BCUT2D eigenvalue weighted by Gasteiger charge is 2.25. The number of benzene rings is 2. The molecule has 0 aromatic heterocycles. The first-order valence-electron chi connectivity index (χ1n) is 6.17. The summed E-state index contributed by atoms with van der Waals surface area (Å²) in [6.07, 6.45) is 0. The van der Waals surface area contributed by atoms with E-state index in [0.29, 0.717) is 10.6 Å². The monoisotopic (exact) mass is 367 g/mol. The highest BCUT2D eigenvalue weighted by Crippen LogP contribution is 2.29. The van der Waals surface area contributed by atoms with Crippen molar-refractivity contribution in [1.82, 2.24) is 0 Å². The average molecular weight is 368 g/mol. The molecule has 0 atom stereocenters. The van der Waals surface area contributed by atoms with E-state index in [0.717, 1.165) is 0 Å². The number of aryl methyl sites for hydroxylation is 2. The van der Waals surface area contributed by atoms with Gasteiger partial charge in [0.2, 0.25) is 0 Å². The Balaban J connectivity index is 2.59. The van der Waals surface area contributed by atoms with E-state index in [1.807, 2.05) is 0 Å². The summed E-state index contributed by atoms with van der Waals surface area (Å²) >= 11 is 5.85. The second-order valence-electron chi connectivity index (χ2n) is 4.82. The third-order valence-corrected chi connectivity index (χ3v) is 4.99. The lowest BCUT2D eigenvalue weighted by Crippen LogP contribution is -2.17. The minimum atomic E-state index is -4.48. The van der Waals surface area contributed by atoms with Crippen LogP contribution in [0.2, 0.25) is 5.02 Å². The number of nitrogens with one attached hydrogen (secondary N) is 1. The molecule has 0 unspecified atom stereocenters. The number of anilines is 1. The van der Waals surface area contributed by atoms with Crippen molar-refractivity contribution in [2.45, 2.75) is 18.7 Å². The van der Waals surface area contributed by atoms with Gasteiger partial charge in [-0.15, -0.1) is 0 Å². The summed E-state index contributed by atoms with van der Waals surface area (Å²) in [6.45, 7) is 2.95. The maximum absolute atomic E-state index is 13.6. The summed E-state index contributed by atoms with van der Waals surface area (Å²) in [5.41, 5.74) is -0.815. The van der Waals surface area contributed by atoms with E-state index in [9.17, 15) is 26.0 Å². The van der Waals surface area contributed by atoms with Crippen LogP contribution in [-0.4, -0.2) is 8.42 Å². The molecule has 9 heteroatoms. The van der Waals surface area contributed by atoms with Gasteiger partial charge in [0.1, 0.15) is 5.69 Å². The summed E-state index contributed by atoms with van der Waals surface area (Å²) < 4.78 is 79.6. The van der Waals surface area contributed by atoms with Gasteiger partial charge in [0, 0.05) is 11.1 Å². The standard InChI is InChI=1S/C14H10ClF4NO2S/c1-6-4-11(7(2)3-8(6)15)23(21,22)20-14-12(18)9(16)5-10(17)13(14)19/h3-5,20H,1-2H3. The molecule has 0 spiro atoms. The Morgan fingerprint density at radius 2 is 1.43 bits per heavy atom. The molecule has 2 aromatic rings. The highest BCUT2D eigenvalue weighted by atomic mass is 35.5.